The van der Waals surface area contributed by atoms with E-state index in [4.69, 9.17) is 0 Å². The Kier molecular flexibility index (Phi) is 2.37. The van der Waals surface area contributed by atoms with Crippen molar-refractivity contribution in [3.8, 4) is 0 Å². The van der Waals surface area contributed by atoms with Crippen molar-refractivity contribution in [1.29, 1.82) is 0 Å². The van der Waals surface area contributed by atoms with E-state index in [0.29, 0.717) is 24.7 Å². The van der Waals surface area contributed by atoms with Gasteiger partial charge >= 0.3 is 0 Å². The summed E-state index contributed by atoms with van der Waals surface area (Å²) in [6.45, 7) is 8.18. The fourth-order valence-electron chi connectivity index (χ4n) is 5.14. The summed E-state index contributed by atoms with van der Waals surface area (Å²) >= 11 is 0. The average Bonchev–Trinajstić information content (AvgIpc) is 3.01. The highest BCUT2D eigenvalue weighted by atomic mass is 16.3. The van der Waals surface area contributed by atoms with Crippen LogP contribution in [-0.4, -0.2) is 33.1 Å². The zero-order valence-corrected chi connectivity index (χ0v) is 11.8. The summed E-state index contributed by atoms with van der Waals surface area (Å²) in [7, 11) is 0. The number of hydrogen-bond donors (Lipinski definition) is 3. The van der Waals surface area contributed by atoms with Crippen LogP contribution in [-0.2, 0) is 0 Å². The second-order valence-corrected chi connectivity index (χ2v) is 8.02. The van der Waals surface area contributed by atoms with Gasteiger partial charge in [-0.25, -0.2) is 0 Å². The van der Waals surface area contributed by atoms with Gasteiger partial charge < -0.3 is 15.3 Å². The summed E-state index contributed by atoms with van der Waals surface area (Å²) in [4.78, 5) is 0. The lowest BCUT2D eigenvalue weighted by Gasteiger charge is -2.45. The number of rotatable bonds is 0. The summed E-state index contributed by atoms with van der Waals surface area (Å²) in [5.74, 6) is 0.587. The first kappa shape index (κ1) is 12.9. The first-order valence-electron chi connectivity index (χ1n) is 7.22. The lowest BCUT2D eigenvalue weighted by atomic mass is 9.64. The molecule has 0 radical (unpaired) electrons. The first-order chi connectivity index (χ1) is 8.13. The van der Waals surface area contributed by atoms with Crippen LogP contribution < -0.4 is 0 Å². The highest BCUT2D eigenvalue weighted by Crippen LogP contribution is 2.70. The molecule has 7 atom stereocenters. The molecule has 3 saturated carbocycles. The quantitative estimate of drug-likeness (QED) is 0.614. The molecule has 3 rings (SSSR count). The van der Waals surface area contributed by atoms with Crippen molar-refractivity contribution >= 4 is 0 Å². The largest absolute Gasteiger partial charge is 0.393 e. The van der Waals surface area contributed by atoms with Crippen LogP contribution in [0.3, 0.4) is 0 Å². The average molecular weight is 254 g/mol. The summed E-state index contributed by atoms with van der Waals surface area (Å²) in [5, 5.41) is 32.0. The summed E-state index contributed by atoms with van der Waals surface area (Å²) in [5.41, 5.74) is -1.34. The Balaban J connectivity index is 2.08. The second kappa shape index (κ2) is 3.31. The third-order valence-corrected chi connectivity index (χ3v) is 6.54. The molecule has 0 aromatic carbocycles. The summed E-state index contributed by atoms with van der Waals surface area (Å²) < 4.78 is 0. The highest BCUT2D eigenvalue weighted by molar-refractivity contribution is 5.21. The zero-order valence-electron chi connectivity index (χ0n) is 11.8. The van der Waals surface area contributed by atoms with Crippen molar-refractivity contribution in [2.75, 3.05) is 0 Å². The minimum absolute atomic E-state index is 0.103. The van der Waals surface area contributed by atoms with Crippen molar-refractivity contribution in [3.63, 3.8) is 0 Å². The minimum atomic E-state index is -0.840. The molecule has 3 nitrogen and oxygen atoms in total. The lowest BCUT2D eigenvalue weighted by molar-refractivity contribution is -0.122. The number of aliphatic hydroxyl groups excluding tert-OH is 2. The van der Waals surface area contributed by atoms with Gasteiger partial charge in [0.1, 0.15) is 0 Å². The lowest BCUT2D eigenvalue weighted by Crippen LogP contribution is -2.50. The van der Waals surface area contributed by atoms with Gasteiger partial charge in [-0.05, 0) is 36.5 Å². The number of fused-ring (bicyclic) bond motifs is 3. The van der Waals surface area contributed by atoms with Crippen LogP contribution in [0.4, 0.5) is 0 Å². The van der Waals surface area contributed by atoms with E-state index in [2.05, 4.69) is 6.92 Å². The van der Waals surface area contributed by atoms with Gasteiger partial charge in [-0.1, -0.05) is 27.7 Å². The third-order valence-electron chi connectivity index (χ3n) is 6.54. The molecule has 0 aromatic heterocycles. The van der Waals surface area contributed by atoms with Crippen LogP contribution in [0.1, 0.15) is 47.0 Å². The molecule has 3 aliphatic rings. The molecule has 3 heteroatoms. The van der Waals surface area contributed by atoms with Gasteiger partial charge in [0.05, 0.1) is 17.8 Å². The fourth-order valence-corrected chi connectivity index (χ4v) is 5.14. The molecule has 0 spiro atoms. The van der Waals surface area contributed by atoms with Gasteiger partial charge in [-0.3, -0.25) is 0 Å². The molecule has 0 heterocycles. The van der Waals surface area contributed by atoms with Gasteiger partial charge in [0.25, 0.3) is 0 Å². The Labute approximate surface area is 109 Å². The molecule has 0 aliphatic heterocycles. The van der Waals surface area contributed by atoms with Crippen molar-refractivity contribution in [3.05, 3.63) is 0 Å². The molecule has 104 valence electrons. The van der Waals surface area contributed by atoms with Crippen molar-refractivity contribution in [2.45, 2.75) is 64.8 Å². The van der Waals surface area contributed by atoms with Crippen LogP contribution in [0.15, 0.2) is 0 Å². The SMILES string of the molecule is C[C@@H]1[C@H](O)C[C@@]2(C)[C@@H]3C[C@@H]3[C@@H](O)C(C)(C)C[C@@]12O. The van der Waals surface area contributed by atoms with Gasteiger partial charge in [-0.2, -0.15) is 0 Å². The molecule has 3 N–H and O–H groups in total. The smallest absolute Gasteiger partial charge is 0.0760 e. The van der Waals surface area contributed by atoms with E-state index in [0.717, 1.165) is 6.42 Å². The molecule has 0 amide bonds. The molecule has 3 aliphatic carbocycles. The van der Waals surface area contributed by atoms with E-state index in [9.17, 15) is 15.3 Å². The second-order valence-electron chi connectivity index (χ2n) is 8.02. The summed E-state index contributed by atoms with van der Waals surface area (Å²) in [6.07, 6.45) is 1.53. The van der Waals surface area contributed by atoms with E-state index in [1.165, 1.54) is 0 Å². The van der Waals surface area contributed by atoms with Gasteiger partial charge in [0, 0.05) is 11.3 Å². The van der Waals surface area contributed by atoms with Crippen LogP contribution in [0, 0.1) is 28.6 Å². The topological polar surface area (TPSA) is 60.7 Å². The Bertz CT molecular complexity index is 380. The van der Waals surface area contributed by atoms with Gasteiger partial charge in [0.15, 0.2) is 0 Å². The Morgan fingerprint density at radius 1 is 1.11 bits per heavy atom. The Morgan fingerprint density at radius 3 is 2.33 bits per heavy atom. The normalized spacial score (nSPS) is 61.8. The maximum Gasteiger partial charge on any atom is 0.0760 e. The van der Waals surface area contributed by atoms with Gasteiger partial charge in [0.2, 0.25) is 0 Å². The number of hydrogen-bond acceptors (Lipinski definition) is 3. The molecule has 0 saturated heterocycles. The predicted molar refractivity (Wildman–Crippen MR) is 68.8 cm³/mol. The first-order valence-corrected chi connectivity index (χ1v) is 7.22. The van der Waals surface area contributed by atoms with Crippen molar-refractivity contribution in [1.82, 2.24) is 0 Å². The van der Waals surface area contributed by atoms with Crippen LogP contribution in [0.5, 0.6) is 0 Å². The van der Waals surface area contributed by atoms with E-state index >= 15 is 0 Å². The van der Waals surface area contributed by atoms with Crippen molar-refractivity contribution in [2.24, 2.45) is 28.6 Å². The van der Waals surface area contributed by atoms with Crippen molar-refractivity contribution < 1.29 is 15.3 Å². The monoisotopic (exact) mass is 254 g/mol. The molecule has 0 aromatic rings. The molecule has 18 heavy (non-hydrogen) atoms. The third kappa shape index (κ3) is 1.31. The Hall–Kier alpha value is -0.120. The van der Waals surface area contributed by atoms with E-state index in [-0.39, 0.29) is 22.9 Å². The number of aliphatic hydroxyl groups is 3. The maximum atomic E-state index is 11.3. The standard InChI is InChI=1S/C15H26O3/c1-8-11(16)6-14(4)10-5-9(10)12(17)13(2,3)7-15(8,14)18/h8-12,16-18H,5-7H2,1-4H3/t8-,9+,10-,11-,12-,14+,15-/m1/s1. The fraction of sp³-hybridized carbons (Fsp3) is 1.00. The zero-order chi connectivity index (χ0) is 13.5. The van der Waals surface area contributed by atoms with Crippen LogP contribution in [0.2, 0.25) is 0 Å². The predicted octanol–water partition coefficient (Wildman–Crippen LogP) is 1.55. The molecule has 0 bridgehead atoms. The van der Waals surface area contributed by atoms with E-state index < -0.39 is 11.7 Å². The Morgan fingerprint density at radius 2 is 1.72 bits per heavy atom. The molecular weight excluding hydrogens is 228 g/mol. The minimum Gasteiger partial charge on any atom is -0.393 e. The molecule has 3 fully saturated rings. The molecular formula is C15H26O3. The molecule has 0 unspecified atom stereocenters. The van der Waals surface area contributed by atoms with Gasteiger partial charge in [-0.15, -0.1) is 0 Å². The van der Waals surface area contributed by atoms with Crippen LogP contribution in [0.25, 0.3) is 0 Å². The van der Waals surface area contributed by atoms with Crippen LogP contribution >= 0.6 is 0 Å². The summed E-state index contributed by atoms with van der Waals surface area (Å²) in [6, 6.07) is 0. The van der Waals surface area contributed by atoms with E-state index in [1.54, 1.807) is 0 Å². The maximum absolute atomic E-state index is 11.3. The van der Waals surface area contributed by atoms with E-state index in [1.807, 2.05) is 20.8 Å². The highest BCUT2D eigenvalue weighted by Gasteiger charge is 2.71.